The second-order valence-electron chi connectivity index (χ2n) is 8.05. The number of fused-ring (bicyclic) bond motifs is 1. The second kappa shape index (κ2) is 10.2. The molecule has 1 atom stereocenters. The molecule has 1 aromatic carbocycles. The zero-order valence-corrected chi connectivity index (χ0v) is 18.1. The summed E-state index contributed by atoms with van der Waals surface area (Å²) < 4.78 is 0. The molecule has 5 nitrogen and oxygen atoms in total. The predicted octanol–water partition coefficient (Wildman–Crippen LogP) is 5.58. The zero-order valence-electron chi connectivity index (χ0n) is 18.1. The lowest BCUT2D eigenvalue weighted by molar-refractivity contribution is -0.140. The maximum absolute atomic E-state index is 11.3. The minimum atomic E-state index is -0.803. The predicted molar refractivity (Wildman–Crippen MR) is 123 cm³/mol. The van der Waals surface area contributed by atoms with E-state index in [4.69, 9.17) is 4.98 Å². The summed E-state index contributed by atoms with van der Waals surface area (Å²) >= 11 is 0. The molecular formula is C25H31N3O2. The van der Waals surface area contributed by atoms with Gasteiger partial charge in [0, 0.05) is 36.9 Å². The Morgan fingerprint density at radius 2 is 2.00 bits per heavy atom. The molecule has 0 radical (unpaired) electrons. The van der Waals surface area contributed by atoms with E-state index in [1.54, 1.807) is 13.1 Å². The van der Waals surface area contributed by atoms with Crippen molar-refractivity contribution in [2.24, 2.45) is 5.92 Å². The molecule has 0 saturated carbocycles. The number of anilines is 1. The molecule has 0 aliphatic heterocycles. The molecular weight excluding hydrogens is 374 g/mol. The molecule has 158 valence electrons. The first-order chi connectivity index (χ1) is 14.5. The third-order valence-corrected chi connectivity index (χ3v) is 5.51. The van der Waals surface area contributed by atoms with Gasteiger partial charge in [0.2, 0.25) is 0 Å². The normalized spacial score (nSPS) is 12.1. The first-order valence-corrected chi connectivity index (χ1v) is 10.8. The van der Waals surface area contributed by atoms with E-state index in [9.17, 15) is 9.90 Å². The maximum atomic E-state index is 11.3. The van der Waals surface area contributed by atoms with Crippen molar-refractivity contribution in [2.75, 3.05) is 18.5 Å². The van der Waals surface area contributed by atoms with Gasteiger partial charge in [0.1, 0.15) is 5.82 Å². The van der Waals surface area contributed by atoms with E-state index < -0.39 is 11.9 Å². The number of pyridine rings is 2. The standard InChI is InChI=1S/C25H31N3O2/c1-4-5-6-7-9-19-11-12-23-22(14-19)21(20-10-8-13-26-16-20)15-24(27-23)28(3)17-18(2)25(29)30/h8,10-16,18H,4-7,9,17H2,1-3H3,(H,29,30). The molecule has 2 aromatic heterocycles. The average molecular weight is 406 g/mol. The summed E-state index contributed by atoms with van der Waals surface area (Å²) in [6.07, 6.45) is 9.68. The van der Waals surface area contributed by atoms with Crippen LogP contribution in [0.1, 0.15) is 45.1 Å². The average Bonchev–Trinajstić information content (AvgIpc) is 2.76. The van der Waals surface area contributed by atoms with Gasteiger partial charge in [-0.15, -0.1) is 0 Å². The van der Waals surface area contributed by atoms with Crippen molar-refractivity contribution in [3.05, 3.63) is 54.4 Å². The lowest BCUT2D eigenvalue weighted by Crippen LogP contribution is -2.29. The van der Waals surface area contributed by atoms with Crippen LogP contribution in [-0.2, 0) is 11.2 Å². The van der Waals surface area contributed by atoms with Crippen LogP contribution in [0, 0.1) is 5.92 Å². The fourth-order valence-corrected chi connectivity index (χ4v) is 3.71. The highest BCUT2D eigenvalue weighted by atomic mass is 16.4. The van der Waals surface area contributed by atoms with Gasteiger partial charge < -0.3 is 10.0 Å². The summed E-state index contributed by atoms with van der Waals surface area (Å²) in [5.74, 6) is -0.507. The maximum Gasteiger partial charge on any atom is 0.308 e. The van der Waals surface area contributed by atoms with Crippen molar-refractivity contribution in [1.29, 1.82) is 0 Å². The zero-order chi connectivity index (χ0) is 21.5. The Bertz CT molecular complexity index is 988. The highest BCUT2D eigenvalue weighted by Crippen LogP contribution is 2.32. The molecule has 0 bridgehead atoms. The highest BCUT2D eigenvalue weighted by Gasteiger charge is 2.17. The number of aliphatic carboxylic acids is 1. The van der Waals surface area contributed by atoms with Gasteiger partial charge in [-0.1, -0.05) is 45.2 Å². The highest BCUT2D eigenvalue weighted by molar-refractivity contribution is 5.96. The Morgan fingerprint density at radius 3 is 2.70 bits per heavy atom. The minimum absolute atomic E-state index is 0.399. The Labute approximate surface area is 178 Å². The van der Waals surface area contributed by atoms with Crippen molar-refractivity contribution in [1.82, 2.24) is 9.97 Å². The lowest BCUT2D eigenvalue weighted by atomic mass is 9.98. The van der Waals surface area contributed by atoms with Crippen LogP contribution in [0.15, 0.2) is 48.8 Å². The summed E-state index contributed by atoms with van der Waals surface area (Å²) in [4.78, 5) is 22.3. The smallest absolute Gasteiger partial charge is 0.308 e. The number of benzene rings is 1. The van der Waals surface area contributed by atoms with Crippen LogP contribution in [-0.4, -0.2) is 34.6 Å². The van der Waals surface area contributed by atoms with Crippen molar-refractivity contribution in [3.63, 3.8) is 0 Å². The Hall–Kier alpha value is -2.95. The van der Waals surface area contributed by atoms with Crippen LogP contribution in [0.3, 0.4) is 0 Å². The summed E-state index contributed by atoms with van der Waals surface area (Å²) in [5, 5.41) is 10.4. The molecule has 3 rings (SSSR count). The largest absolute Gasteiger partial charge is 0.481 e. The topological polar surface area (TPSA) is 66.3 Å². The van der Waals surface area contributed by atoms with E-state index >= 15 is 0 Å². The third kappa shape index (κ3) is 5.35. The summed E-state index contributed by atoms with van der Waals surface area (Å²) in [7, 11) is 1.89. The summed E-state index contributed by atoms with van der Waals surface area (Å²) in [6.45, 7) is 4.34. The van der Waals surface area contributed by atoms with Crippen LogP contribution < -0.4 is 4.90 Å². The fraction of sp³-hybridized carbons (Fsp3) is 0.400. The number of hydrogen-bond acceptors (Lipinski definition) is 4. The van der Waals surface area contributed by atoms with Crippen molar-refractivity contribution in [3.8, 4) is 11.1 Å². The molecule has 30 heavy (non-hydrogen) atoms. The first-order valence-electron chi connectivity index (χ1n) is 10.8. The first kappa shape index (κ1) is 21.8. The second-order valence-corrected chi connectivity index (χ2v) is 8.05. The van der Waals surface area contributed by atoms with Gasteiger partial charge >= 0.3 is 5.97 Å². The fourth-order valence-electron chi connectivity index (χ4n) is 3.71. The molecule has 1 N–H and O–H groups in total. The lowest BCUT2D eigenvalue weighted by Gasteiger charge is -2.22. The summed E-state index contributed by atoms with van der Waals surface area (Å²) in [6, 6.07) is 12.5. The molecule has 0 spiro atoms. The van der Waals surface area contributed by atoms with Gasteiger partial charge in [-0.2, -0.15) is 0 Å². The molecule has 5 heteroatoms. The van der Waals surface area contributed by atoms with Gasteiger partial charge in [0.15, 0.2) is 0 Å². The molecule has 0 amide bonds. The number of carboxylic acids is 1. The number of carbonyl (C=O) groups is 1. The third-order valence-electron chi connectivity index (χ3n) is 5.51. The Kier molecular flexibility index (Phi) is 7.39. The monoisotopic (exact) mass is 405 g/mol. The van der Waals surface area contributed by atoms with Gasteiger partial charge in [-0.25, -0.2) is 4.98 Å². The van der Waals surface area contributed by atoms with Crippen LogP contribution >= 0.6 is 0 Å². The Morgan fingerprint density at radius 1 is 1.17 bits per heavy atom. The number of unbranched alkanes of at least 4 members (excludes halogenated alkanes) is 3. The van der Waals surface area contributed by atoms with Gasteiger partial charge in [-0.05, 0) is 48.2 Å². The van der Waals surface area contributed by atoms with Crippen LogP contribution in [0.4, 0.5) is 5.82 Å². The number of hydrogen-bond donors (Lipinski definition) is 1. The number of aryl methyl sites for hydroxylation is 1. The minimum Gasteiger partial charge on any atom is -0.481 e. The molecule has 0 aliphatic rings. The molecule has 1 unspecified atom stereocenters. The van der Waals surface area contributed by atoms with E-state index in [2.05, 4.69) is 42.2 Å². The summed E-state index contributed by atoms with van der Waals surface area (Å²) in [5.41, 5.74) is 4.35. The van der Waals surface area contributed by atoms with Crippen LogP contribution in [0.5, 0.6) is 0 Å². The molecule has 2 heterocycles. The van der Waals surface area contributed by atoms with E-state index in [1.165, 1.54) is 31.2 Å². The molecule has 3 aromatic rings. The molecule has 0 saturated heterocycles. The number of aromatic nitrogens is 2. The van der Waals surface area contributed by atoms with E-state index in [0.717, 1.165) is 34.3 Å². The van der Waals surface area contributed by atoms with E-state index in [-0.39, 0.29) is 0 Å². The number of carboxylic acid groups (broad SMARTS) is 1. The SMILES string of the molecule is CCCCCCc1ccc2nc(N(C)CC(C)C(=O)O)cc(-c3cccnc3)c2c1. The van der Waals surface area contributed by atoms with E-state index in [0.29, 0.717) is 6.54 Å². The van der Waals surface area contributed by atoms with Crippen LogP contribution in [0.2, 0.25) is 0 Å². The molecule has 0 aliphatic carbocycles. The van der Waals surface area contributed by atoms with E-state index in [1.807, 2.05) is 24.2 Å². The van der Waals surface area contributed by atoms with Gasteiger partial charge in [-0.3, -0.25) is 9.78 Å². The van der Waals surface area contributed by atoms with Gasteiger partial charge in [0.25, 0.3) is 0 Å². The Balaban J connectivity index is 2.00. The number of rotatable bonds is 10. The number of nitrogens with zero attached hydrogens (tertiary/aromatic N) is 3. The quantitative estimate of drug-likeness (QED) is 0.446. The van der Waals surface area contributed by atoms with Crippen molar-refractivity contribution < 1.29 is 9.90 Å². The van der Waals surface area contributed by atoms with Crippen molar-refractivity contribution in [2.45, 2.75) is 46.0 Å². The van der Waals surface area contributed by atoms with Crippen molar-refractivity contribution >= 4 is 22.7 Å². The van der Waals surface area contributed by atoms with Crippen LogP contribution in [0.25, 0.3) is 22.0 Å². The molecule has 0 fully saturated rings. The van der Waals surface area contributed by atoms with Gasteiger partial charge in [0.05, 0.1) is 11.4 Å².